The maximum absolute atomic E-state index is 12.7. The Morgan fingerprint density at radius 1 is 0.966 bits per heavy atom. The van der Waals surface area contributed by atoms with Crippen molar-refractivity contribution >= 4 is 17.4 Å². The summed E-state index contributed by atoms with van der Waals surface area (Å²) in [6.07, 6.45) is 2.22. The van der Waals surface area contributed by atoms with E-state index in [1.807, 2.05) is 17.0 Å². The Morgan fingerprint density at radius 2 is 1.69 bits per heavy atom. The van der Waals surface area contributed by atoms with E-state index in [0.717, 1.165) is 38.3 Å². The van der Waals surface area contributed by atoms with E-state index in [1.54, 1.807) is 0 Å². The van der Waals surface area contributed by atoms with Crippen LogP contribution in [0.1, 0.15) is 29.9 Å². The normalized spacial score (nSPS) is 21.8. The number of likely N-dealkylation sites (N-methyl/N-ethyl adjacent to an activating group) is 1. The van der Waals surface area contributed by atoms with E-state index >= 15 is 0 Å². The average Bonchev–Trinajstić information content (AvgIpc) is 3.39. The summed E-state index contributed by atoms with van der Waals surface area (Å²) >= 11 is 0. The van der Waals surface area contributed by atoms with Gasteiger partial charge < -0.3 is 20.0 Å². The molecule has 2 aromatic carbocycles. The molecule has 0 aliphatic carbocycles. The number of nitrogens with zero attached hydrogens (tertiary/aromatic N) is 3. The van der Waals surface area contributed by atoms with E-state index in [9.17, 15) is 4.79 Å². The van der Waals surface area contributed by atoms with E-state index in [1.165, 1.54) is 23.2 Å². The number of carbonyl (C=O) groups is 1. The molecule has 154 valence electrons. The first-order chi connectivity index (χ1) is 14.0. The molecule has 0 aromatic heterocycles. The van der Waals surface area contributed by atoms with Crippen molar-refractivity contribution in [3.63, 3.8) is 0 Å². The number of aryl methyl sites for hydroxylation is 1. The minimum Gasteiger partial charge on any atom is -0.370 e. The van der Waals surface area contributed by atoms with E-state index in [0.29, 0.717) is 12.0 Å². The van der Waals surface area contributed by atoms with Crippen LogP contribution >= 0.6 is 0 Å². The molecule has 0 bridgehead atoms. The highest BCUT2D eigenvalue weighted by Gasteiger charge is 2.27. The van der Waals surface area contributed by atoms with Crippen LogP contribution < -0.4 is 10.2 Å². The molecule has 2 aliphatic rings. The highest BCUT2D eigenvalue weighted by Crippen LogP contribution is 2.28. The molecule has 2 amide bonds. The van der Waals surface area contributed by atoms with E-state index in [-0.39, 0.29) is 6.03 Å². The molecule has 1 N–H and O–H groups in total. The quantitative estimate of drug-likeness (QED) is 0.849. The standard InChI is InChI=1S/C24H32N4O/c1-18-4-6-19(7-5-18)20-12-14-28(16-20)24(29)25-21-8-10-22(11-9-21)27-15-13-23(17-27)26(2)3/h4-11,20,23H,12-17H2,1-3H3,(H,25,29). The second-order valence-corrected chi connectivity index (χ2v) is 8.67. The largest absolute Gasteiger partial charge is 0.370 e. The van der Waals surface area contributed by atoms with Crippen LogP contribution in [0, 0.1) is 6.92 Å². The lowest BCUT2D eigenvalue weighted by molar-refractivity contribution is 0.222. The van der Waals surface area contributed by atoms with Gasteiger partial charge in [-0.2, -0.15) is 0 Å². The zero-order valence-corrected chi connectivity index (χ0v) is 17.8. The Bertz CT molecular complexity index is 831. The Balaban J connectivity index is 1.31. The monoisotopic (exact) mass is 392 g/mol. The molecule has 2 saturated heterocycles. The first-order valence-electron chi connectivity index (χ1n) is 10.6. The number of anilines is 2. The van der Waals surface area contributed by atoms with Crippen molar-refractivity contribution in [3.05, 3.63) is 59.7 Å². The molecule has 2 atom stereocenters. The number of amides is 2. The summed E-state index contributed by atoms with van der Waals surface area (Å²) in [5, 5.41) is 3.07. The van der Waals surface area contributed by atoms with Crippen LogP contribution in [0.3, 0.4) is 0 Å². The van der Waals surface area contributed by atoms with Gasteiger partial charge in [0.25, 0.3) is 0 Å². The number of likely N-dealkylation sites (tertiary alicyclic amines) is 1. The van der Waals surface area contributed by atoms with Crippen molar-refractivity contribution in [1.82, 2.24) is 9.80 Å². The van der Waals surface area contributed by atoms with Crippen LogP contribution in [0.15, 0.2) is 48.5 Å². The van der Waals surface area contributed by atoms with E-state index in [4.69, 9.17) is 0 Å². The Hall–Kier alpha value is -2.53. The number of rotatable bonds is 4. The Labute approximate surface area is 174 Å². The molecular weight excluding hydrogens is 360 g/mol. The maximum Gasteiger partial charge on any atom is 0.321 e. The van der Waals surface area contributed by atoms with Gasteiger partial charge in [-0.25, -0.2) is 4.79 Å². The van der Waals surface area contributed by atoms with Gasteiger partial charge in [-0.05, 0) is 63.7 Å². The first-order valence-corrected chi connectivity index (χ1v) is 10.6. The minimum atomic E-state index is 0.00112. The fourth-order valence-electron chi connectivity index (χ4n) is 4.41. The highest BCUT2D eigenvalue weighted by molar-refractivity contribution is 5.89. The summed E-state index contributed by atoms with van der Waals surface area (Å²) in [6.45, 7) is 5.85. The second kappa shape index (κ2) is 8.46. The molecule has 2 unspecified atom stereocenters. The average molecular weight is 393 g/mol. The lowest BCUT2D eigenvalue weighted by Gasteiger charge is -2.22. The van der Waals surface area contributed by atoms with Crippen molar-refractivity contribution in [2.75, 3.05) is 50.5 Å². The summed E-state index contributed by atoms with van der Waals surface area (Å²) in [5.74, 6) is 0.434. The number of benzene rings is 2. The van der Waals surface area contributed by atoms with Crippen molar-refractivity contribution in [3.8, 4) is 0 Å². The molecule has 2 heterocycles. The van der Waals surface area contributed by atoms with Gasteiger partial charge in [0.15, 0.2) is 0 Å². The van der Waals surface area contributed by atoms with Crippen molar-refractivity contribution < 1.29 is 4.79 Å². The van der Waals surface area contributed by atoms with Crippen LogP contribution in [-0.2, 0) is 0 Å². The predicted molar refractivity (Wildman–Crippen MR) is 120 cm³/mol. The summed E-state index contributed by atoms with van der Waals surface area (Å²) in [5.41, 5.74) is 4.70. The van der Waals surface area contributed by atoms with Gasteiger partial charge in [0.2, 0.25) is 0 Å². The molecule has 4 rings (SSSR count). The zero-order chi connectivity index (χ0) is 20.4. The van der Waals surface area contributed by atoms with Crippen molar-refractivity contribution in [2.24, 2.45) is 0 Å². The number of nitrogens with one attached hydrogen (secondary N) is 1. The molecule has 5 heteroatoms. The van der Waals surface area contributed by atoms with Crippen LogP contribution in [0.25, 0.3) is 0 Å². The Morgan fingerprint density at radius 3 is 2.34 bits per heavy atom. The lowest BCUT2D eigenvalue weighted by atomic mass is 9.98. The zero-order valence-electron chi connectivity index (χ0n) is 17.8. The van der Waals surface area contributed by atoms with E-state index < -0.39 is 0 Å². The lowest BCUT2D eigenvalue weighted by Crippen LogP contribution is -2.33. The molecule has 0 spiro atoms. The van der Waals surface area contributed by atoms with Crippen LogP contribution in [0.5, 0.6) is 0 Å². The predicted octanol–water partition coefficient (Wildman–Crippen LogP) is 4.16. The maximum atomic E-state index is 12.7. The van der Waals surface area contributed by atoms with Gasteiger partial charge >= 0.3 is 6.03 Å². The van der Waals surface area contributed by atoms with Crippen LogP contribution in [-0.4, -0.2) is 62.1 Å². The molecular formula is C24H32N4O. The number of hydrogen-bond donors (Lipinski definition) is 1. The van der Waals surface area contributed by atoms with Crippen molar-refractivity contribution in [2.45, 2.75) is 31.7 Å². The third-order valence-corrected chi connectivity index (χ3v) is 6.40. The fraction of sp³-hybridized carbons (Fsp3) is 0.458. The van der Waals surface area contributed by atoms with Crippen molar-refractivity contribution in [1.29, 1.82) is 0 Å². The summed E-state index contributed by atoms with van der Waals surface area (Å²) < 4.78 is 0. The van der Waals surface area contributed by atoms with Gasteiger partial charge in [-0.1, -0.05) is 29.8 Å². The SMILES string of the molecule is Cc1ccc(C2CCN(C(=O)Nc3ccc(N4CCC(N(C)C)C4)cc3)C2)cc1. The molecule has 0 saturated carbocycles. The summed E-state index contributed by atoms with van der Waals surface area (Å²) in [6, 6.07) is 17.6. The van der Waals surface area contributed by atoms with Crippen LogP contribution in [0.4, 0.5) is 16.2 Å². The number of hydrogen-bond acceptors (Lipinski definition) is 3. The van der Waals surface area contributed by atoms with Crippen LogP contribution in [0.2, 0.25) is 0 Å². The number of carbonyl (C=O) groups excluding carboxylic acids is 1. The minimum absolute atomic E-state index is 0.00112. The third-order valence-electron chi connectivity index (χ3n) is 6.40. The molecule has 29 heavy (non-hydrogen) atoms. The topological polar surface area (TPSA) is 38.8 Å². The number of urea groups is 1. The molecule has 2 fully saturated rings. The summed E-state index contributed by atoms with van der Waals surface area (Å²) in [7, 11) is 4.29. The van der Waals surface area contributed by atoms with Gasteiger partial charge in [0, 0.05) is 49.5 Å². The Kier molecular flexibility index (Phi) is 5.76. The van der Waals surface area contributed by atoms with Gasteiger partial charge in [0.05, 0.1) is 0 Å². The fourth-order valence-corrected chi connectivity index (χ4v) is 4.41. The highest BCUT2D eigenvalue weighted by atomic mass is 16.2. The summed E-state index contributed by atoms with van der Waals surface area (Å²) in [4.78, 5) is 19.4. The second-order valence-electron chi connectivity index (χ2n) is 8.67. The van der Waals surface area contributed by atoms with Gasteiger partial charge in [-0.3, -0.25) is 0 Å². The molecule has 2 aliphatic heterocycles. The first kappa shape index (κ1) is 19.8. The molecule has 2 aromatic rings. The smallest absolute Gasteiger partial charge is 0.321 e. The third kappa shape index (κ3) is 4.56. The van der Waals surface area contributed by atoms with Gasteiger partial charge in [-0.15, -0.1) is 0 Å². The molecule has 5 nitrogen and oxygen atoms in total. The molecule has 0 radical (unpaired) electrons. The van der Waals surface area contributed by atoms with Gasteiger partial charge in [0.1, 0.15) is 0 Å². The van der Waals surface area contributed by atoms with E-state index in [2.05, 4.69) is 72.5 Å².